The molecule has 0 amide bonds. The molecule has 1 aromatic heterocycles. The topological polar surface area (TPSA) is 68.5 Å². The first-order valence-corrected chi connectivity index (χ1v) is 8.83. The van der Waals surface area contributed by atoms with Crippen molar-refractivity contribution in [2.75, 3.05) is 19.4 Å². The van der Waals surface area contributed by atoms with Crippen LogP contribution in [0, 0.1) is 5.82 Å². The number of likely N-dealkylation sites (N-methyl/N-ethyl adjacent to an activating group) is 1. The number of halogens is 1. The Bertz CT molecular complexity index is 1050. The van der Waals surface area contributed by atoms with Crippen LogP contribution in [-0.2, 0) is 11.3 Å². The van der Waals surface area contributed by atoms with Crippen LogP contribution in [-0.4, -0.2) is 29.8 Å². The van der Waals surface area contributed by atoms with E-state index < -0.39 is 5.82 Å². The SMILES string of the molecule is CCN1Cc2nc3c(-c4cccc(F)c4OC)cccc3c(N)c2C1C=O. The van der Waals surface area contributed by atoms with Crippen LogP contribution in [0.15, 0.2) is 36.4 Å². The second-order valence-corrected chi connectivity index (χ2v) is 6.55. The molecule has 4 rings (SSSR count). The maximum absolute atomic E-state index is 14.2. The van der Waals surface area contributed by atoms with Gasteiger partial charge in [-0.2, -0.15) is 0 Å². The zero-order valence-corrected chi connectivity index (χ0v) is 15.2. The van der Waals surface area contributed by atoms with Crippen molar-refractivity contribution in [1.29, 1.82) is 0 Å². The highest BCUT2D eigenvalue weighted by atomic mass is 19.1. The number of benzene rings is 2. The third-order valence-electron chi connectivity index (χ3n) is 5.21. The highest BCUT2D eigenvalue weighted by molar-refractivity contribution is 6.02. The molecule has 1 aliphatic heterocycles. The molecule has 1 atom stereocenters. The number of nitrogens with zero attached hydrogens (tertiary/aromatic N) is 2. The van der Waals surface area contributed by atoms with Gasteiger partial charge in [-0.3, -0.25) is 9.88 Å². The molecule has 138 valence electrons. The first-order valence-electron chi connectivity index (χ1n) is 8.83. The predicted octanol–water partition coefficient (Wildman–Crippen LogP) is 3.71. The molecule has 27 heavy (non-hydrogen) atoms. The minimum absolute atomic E-state index is 0.173. The molecule has 0 radical (unpaired) electrons. The van der Waals surface area contributed by atoms with Crippen LogP contribution < -0.4 is 10.5 Å². The molecule has 5 nitrogen and oxygen atoms in total. The number of fused-ring (bicyclic) bond motifs is 2. The summed E-state index contributed by atoms with van der Waals surface area (Å²) >= 11 is 0. The number of carbonyl (C=O) groups excluding carboxylic acids is 1. The number of aromatic nitrogens is 1. The van der Waals surface area contributed by atoms with Gasteiger partial charge in [0.15, 0.2) is 11.6 Å². The van der Waals surface area contributed by atoms with Gasteiger partial charge in [-0.05, 0) is 12.6 Å². The Morgan fingerprint density at radius 1 is 1.30 bits per heavy atom. The Labute approximate surface area is 156 Å². The molecule has 1 unspecified atom stereocenters. The average molecular weight is 365 g/mol. The number of nitrogen functional groups attached to an aromatic ring is 1. The minimum atomic E-state index is -0.431. The van der Waals surface area contributed by atoms with E-state index in [1.165, 1.54) is 13.2 Å². The molecule has 0 fully saturated rings. The molecule has 0 saturated carbocycles. The fourth-order valence-corrected chi connectivity index (χ4v) is 3.91. The van der Waals surface area contributed by atoms with Crippen LogP contribution in [0.5, 0.6) is 5.75 Å². The summed E-state index contributed by atoms with van der Waals surface area (Å²) in [7, 11) is 1.44. The van der Waals surface area contributed by atoms with Crippen molar-refractivity contribution in [3.8, 4) is 16.9 Å². The molecule has 0 bridgehead atoms. The van der Waals surface area contributed by atoms with E-state index in [2.05, 4.69) is 0 Å². The molecule has 2 aromatic carbocycles. The van der Waals surface area contributed by atoms with Gasteiger partial charge < -0.3 is 15.3 Å². The number of pyridine rings is 1. The number of methoxy groups -OCH3 is 1. The molecular weight excluding hydrogens is 345 g/mol. The molecule has 2 N–H and O–H groups in total. The van der Waals surface area contributed by atoms with Gasteiger partial charge in [-0.25, -0.2) is 4.39 Å². The molecule has 0 aliphatic carbocycles. The smallest absolute Gasteiger partial charge is 0.165 e. The lowest BCUT2D eigenvalue weighted by Crippen LogP contribution is -2.22. The monoisotopic (exact) mass is 365 g/mol. The second-order valence-electron chi connectivity index (χ2n) is 6.55. The third-order valence-corrected chi connectivity index (χ3v) is 5.21. The normalized spacial score (nSPS) is 16.5. The summed E-state index contributed by atoms with van der Waals surface area (Å²) in [4.78, 5) is 18.5. The van der Waals surface area contributed by atoms with Crippen LogP contribution in [0.25, 0.3) is 22.0 Å². The summed E-state index contributed by atoms with van der Waals surface area (Å²) in [6, 6.07) is 10.0. The number of ether oxygens (including phenoxy) is 1. The summed E-state index contributed by atoms with van der Waals surface area (Å²) in [5, 5.41) is 0.752. The van der Waals surface area contributed by atoms with Gasteiger partial charge in [0.25, 0.3) is 0 Å². The average Bonchev–Trinajstić information content (AvgIpc) is 3.05. The number of hydrogen-bond acceptors (Lipinski definition) is 5. The number of nitrogens with two attached hydrogens (primary N) is 1. The van der Waals surface area contributed by atoms with Crippen molar-refractivity contribution < 1.29 is 13.9 Å². The summed E-state index contributed by atoms with van der Waals surface area (Å²) in [6.07, 6.45) is 0.915. The number of para-hydroxylation sites is 2. The Morgan fingerprint density at radius 2 is 2.04 bits per heavy atom. The van der Waals surface area contributed by atoms with E-state index in [1.807, 2.05) is 30.0 Å². The van der Waals surface area contributed by atoms with Crippen LogP contribution in [0.1, 0.15) is 24.2 Å². The third kappa shape index (κ3) is 2.56. The Balaban J connectivity index is 2.01. The fraction of sp³-hybridized carbons (Fsp3) is 0.238. The zero-order valence-electron chi connectivity index (χ0n) is 15.2. The number of rotatable bonds is 4. The Morgan fingerprint density at radius 3 is 2.74 bits per heavy atom. The van der Waals surface area contributed by atoms with Gasteiger partial charge >= 0.3 is 0 Å². The molecule has 3 aromatic rings. The Hall–Kier alpha value is -2.99. The van der Waals surface area contributed by atoms with E-state index in [0.29, 0.717) is 23.3 Å². The van der Waals surface area contributed by atoms with Gasteiger partial charge in [0.1, 0.15) is 6.29 Å². The number of anilines is 1. The van der Waals surface area contributed by atoms with Gasteiger partial charge in [-0.1, -0.05) is 37.3 Å². The maximum Gasteiger partial charge on any atom is 0.165 e. The van der Waals surface area contributed by atoms with Crippen LogP contribution in [0.2, 0.25) is 0 Å². The quantitative estimate of drug-likeness (QED) is 0.714. The van der Waals surface area contributed by atoms with E-state index in [-0.39, 0.29) is 11.8 Å². The van der Waals surface area contributed by atoms with Crippen LogP contribution >= 0.6 is 0 Å². The molecule has 2 heterocycles. The largest absolute Gasteiger partial charge is 0.493 e. The summed E-state index contributed by atoms with van der Waals surface area (Å²) in [5.41, 5.74) is 10.6. The Kier molecular flexibility index (Phi) is 4.28. The predicted molar refractivity (Wildman–Crippen MR) is 103 cm³/mol. The van der Waals surface area contributed by atoms with Crippen molar-refractivity contribution >= 4 is 22.9 Å². The minimum Gasteiger partial charge on any atom is -0.493 e. The number of aldehydes is 1. The first kappa shape index (κ1) is 17.4. The molecule has 1 aliphatic rings. The lowest BCUT2D eigenvalue weighted by molar-refractivity contribution is -0.112. The standard InChI is InChI=1S/C21H20FN3O2/c1-3-25-10-16-18(17(25)11-26)19(23)14-8-4-6-12(20(14)24-16)13-7-5-9-15(22)21(13)27-2/h4-9,11,17H,3,10H2,1-2H3,(H2,23,24). The van der Waals surface area contributed by atoms with Gasteiger partial charge in [-0.15, -0.1) is 0 Å². The molecule has 0 spiro atoms. The van der Waals surface area contributed by atoms with Crippen molar-refractivity contribution in [2.45, 2.75) is 19.5 Å². The summed E-state index contributed by atoms with van der Waals surface area (Å²) in [5.74, 6) is -0.258. The van der Waals surface area contributed by atoms with Crippen LogP contribution in [0.4, 0.5) is 10.1 Å². The lowest BCUT2D eigenvalue weighted by Gasteiger charge is -2.18. The summed E-state index contributed by atoms with van der Waals surface area (Å²) < 4.78 is 19.5. The van der Waals surface area contributed by atoms with Gasteiger partial charge in [0, 0.05) is 34.3 Å². The van der Waals surface area contributed by atoms with E-state index in [4.69, 9.17) is 15.5 Å². The summed E-state index contributed by atoms with van der Waals surface area (Å²) in [6.45, 7) is 3.28. The molecule has 0 saturated heterocycles. The molecular formula is C21H20FN3O2. The molecule has 6 heteroatoms. The highest BCUT2D eigenvalue weighted by Crippen LogP contribution is 2.42. The first-order chi connectivity index (χ1) is 13.1. The van der Waals surface area contributed by atoms with Crippen molar-refractivity contribution in [1.82, 2.24) is 9.88 Å². The van der Waals surface area contributed by atoms with E-state index >= 15 is 0 Å². The van der Waals surface area contributed by atoms with E-state index in [9.17, 15) is 9.18 Å². The maximum atomic E-state index is 14.2. The second kappa shape index (κ2) is 6.63. The van der Waals surface area contributed by atoms with Gasteiger partial charge in [0.2, 0.25) is 0 Å². The van der Waals surface area contributed by atoms with Crippen molar-refractivity contribution in [3.05, 3.63) is 53.5 Å². The zero-order chi connectivity index (χ0) is 19.1. The van der Waals surface area contributed by atoms with Crippen molar-refractivity contribution in [3.63, 3.8) is 0 Å². The van der Waals surface area contributed by atoms with Crippen LogP contribution in [0.3, 0.4) is 0 Å². The van der Waals surface area contributed by atoms with Crippen molar-refractivity contribution in [2.24, 2.45) is 0 Å². The fourth-order valence-electron chi connectivity index (χ4n) is 3.91. The highest BCUT2D eigenvalue weighted by Gasteiger charge is 2.33. The number of carbonyl (C=O) groups is 1. The van der Waals surface area contributed by atoms with E-state index in [0.717, 1.165) is 35.0 Å². The lowest BCUT2D eigenvalue weighted by atomic mass is 9.97. The van der Waals surface area contributed by atoms with E-state index in [1.54, 1.807) is 12.1 Å². The van der Waals surface area contributed by atoms with Gasteiger partial charge in [0.05, 0.1) is 24.4 Å². The number of hydrogen-bond donors (Lipinski definition) is 1.